The summed E-state index contributed by atoms with van der Waals surface area (Å²) >= 11 is 11.5. The van der Waals surface area contributed by atoms with Gasteiger partial charge >= 0.3 is 5.97 Å². The Morgan fingerprint density at radius 3 is 2.38 bits per heavy atom. The van der Waals surface area contributed by atoms with Gasteiger partial charge in [0.25, 0.3) is 0 Å². The Morgan fingerprint density at radius 1 is 1.31 bits per heavy atom. The monoisotopic (exact) mass is 218 g/mol. The minimum atomic E-state index is -0.406. The van der Waals surface area contributed by atoms with Gasteiger partial charge in [-0.05, 0) is 24.6 Å². The number of rotatable bonds is 1. The Balaban J connectivity index is 3.23. The molecule has 0 atom stereocenters. The number of hydrogen-bond donors (Lipinski definition) is 0. The molecule has 1 aromatic rings. The molecule has 0 aliphatic rings. The summed E-state index contributed by atoms with van der Waals surface area (Å²) in [5, 5.41) is 0.791. The molecule has 0 heterocycles. The highest BCUT2D eigenvalue weighted by Gasteiger charge is 2.11. The van der Waals surface area contributed by atoms with Crippen molar-refractivity contribution in [2.75, 3.05) is 7.11 Å². The Kier molecular flexibility index (Phi) is 3.17. The smallest absolute Gasteiger partial charge is 0.338 e. The number of esters is 1. The van der Waals surface area contributed by atoms with Crippen molar-refractivity contribution in [1.29, 1.82) is 0 Å². The molecule has 70 valence electrons. The highest BCUT2D eigenvalue weighted by Crippen LogP contribution is 2.25. The highest BCUT2D eigenvalue weighted by molar-refractivity contribution is 6.42. The third kappa shape index (κ3) is 2.14. The lowest BCUT2D eigenvalue weighted by Crippen LogP contribution is -2.03. The van der Waals surface area contributed by atoms with Crippen LogP contribution >= 0.6 is 23.2 Å². The third-order valence-corrected chi connectivity index (χ3v) is 2.39. The second-order valence-electron chi connectivity index (χ2n) is 2.57. The number of ether oxygens (including phenoxy) is 1. The van der Waals surface area contributed by atoms with E-state index in [4.69, 9.17) is 23.2 Å². The van der Waals surface area contributed by atoms with E-state index in [0.29, 0.717) is 15.6 Å². The Labute approximate surface area is 86.4 Å². The van der Waals surface area contributed by atoms with Crippen molar-refractivity contribution in [1.82, 2.24) is 0 Å². The molecular formula is C9H8Cl2O2. The molecule has 0 aromatic heterocycles. The van der Waals surface area contributed by atoms with Gasteiger partial charge in [0, 0.05) is 0 Å². The number of aryl methyl sites for hydroxylation is 1. The number of halogens is 2. The fourth-order valence-electron chi connectivity index (χ4n) is 0.976. The molecule has 0 saturated carbocycles. The third-order valence-electron chi connectivity index (χ3n) is 1.67. The van der Waals surface area contributed by atoms with E-state index in [-0.39, 0.29) is 0 Å². The maximum Gasteiger partial charge on any atom is 0.338 e. The molecule has 4 heteroatoms. The second-order valence-corrected chi connectivity index (χ2v) is 3.39. The van der Waals surface area contributed by atoms with Crippen LogP contribution in [0.1, 0.15) is 15.9 Å². The zero-order valence-corrected chi connectivity index (χ0v) is 8.74. The molecule has 0 amide bonds. The van der Waals surface area contributed by atoms with Crippen LogP contribution in [0.4, 0.5) is 0 Å². The average Bonchev–Trinajstić information content (AvgIpc) is 2.10. The maximum atomic E-state index is 11.2. The van der Waals surface area contributed by atoms with Gasteiger partial charge in [0.15, 0.2) is 0 Å². The van der Waals surface area contributed by atoms with E-state index >= 15 is 0 Å². The lowest BCUT2D eigenvalue weighted by atomic mass is 10.1. The molecule has 1 aromatic carbocycles. The molecule has 0 radical (unpaired) electrons. The SMILES string of the molecule is COC(=O)c1cc(Cl)c(Cl)cc1C. The van der Waals surface area contributed by atoms with Crippen LogP contribution in [0.15, 0.2) is 12.1 Å². The average molecular weight is 219 g/mol. The Bertz CT molecular complexity index is 348. The van der Waals surface area contributed by atoms with Gasteiger partial charge < -0.3 is 4.74 Å². The maximum absolute atomic E-state index is 11.2. The summed E-state index contributed by atoms with van der Waals surface area (Å²) in [5.41, 5.74) is 1.19. The largest absolute Gasteiger partial charge is 0.465 e. The summed E-state index contributed by atoms with van der Waals surface area (Å²) in [7, 11) is 1.32. The van der Waals surface area contributed by atoms with Crippen molar-refractivity contribution >= 4 is 29.2 Å². The van der Waals surface area contributed by atoms with Crippen LogP contribution in [0.3, 0.4) is 0 Å². The molecule has 13 heavy (non-hydrogen) atoms. The molecule has 0 bridgehead atoms. The second kappa shape index (κ2) is 3.99. The van der Waals surface area contributed by atoms with E-state index in [9.17, 15) is 4.79 Å². The van der Waals surface area contributed by atoms with E-state index in [1.54, 1.807) is 13.0 Å². The van der Waals surface area contributed by atoms with Crippen molar-refractivity contribution in [2.45, 2.75) is 6.92 Å². The quantitative estimate of drug-likeness (QED) is 0.678. The van der Waals surface area contributed by atoms with E-state index in [1.165, 1.54) is 13.2 Å². The van der Waals surface area contributed by atoms with Crippen molar-refractivity contribution < 1.29 is 9.53 Å². The zero-order chi connectivity index (χ0) is 10.0. The van der Waals surface area contributed by atoms with E-state index in [0.717, 1.165) is 5.56 Å². The predicted octanol–water partition coefficient (Wildman–Crippen LogP) is 3.09. The van der Waals surface area contributed by atoms with E-state index in [1.807, 2.05) is 0 Å². The first-order chi connectivity index (χ1) is 6.06. The summed E-state index contributed by atoms with van der Waals surface area (Å²) in [4.78, 5) is 11.2. The van der Waals surface area contributed by atoms with Gasteiger partial charge in [-0.1, -0.05) is 23.2 Å². The van der Waals surface area contributed by atoms with Crippen molar-refractivity contribution in [3.05, 3.63) is 33.3 Å². The predicted molar refractivity (Wildman–Crippen MR) is 52.5 cm³/mol. The fraction of sp³-hybridized carbons (Fsp3) is 0.222. The van der Waals surface area contributed by atoms with Gasteiger partial charge in [0.1, 0.15) is 0 Å². The lowest BCUT2D eigenvalue weighted by molar-refractivity contribution is 0.0600. The molecule has 0 saturated heterocycles. The zero-order valence-electron chi connectivity index (χ0n) is 7.23. The van der Waals surface area contributed by atoms with Gasteiger partial charge in [-0.25, -0.2) is 4.79 Å². The molecule has 0 aliphatic heterocycles. The molecule has 2 nitrogen and oxygen atoms in total. The van der Waals surface area contributed by atoms with Crippen molar-refractivity contribution in [3.8, 4) is 0 Å². The van der Waals surface area contributed by atoms with Crippen LogP contribution in [-0.4, -0.2) is 13.1 Å². The first kappa shape index (κ1) is 10.4. The Hall–Kier alpha value is -0.730. The highest BCUT2D eigenvalue weighted by atomic mass is 35.5. The number of methoxy groups -OCH3 is 1. The van der Waals surface area contributed by atoms with Crippen LogP contribution in [0.25, 0.3) is 0 Å². The van der Waals surface area contributed by atoms with Gasteiger partial charge in [-0.15, -0.1) is 0 Å². The van der Waals surface area contributed by atoms with Crippen LogP contribution in [0.5, 0.6) is 0 Å². The molecule has 0 N–H and O–H groups in total. The van der Waals surface area contributed by atoms with Gasteiger partial charge in [0.05, 0.1) is 22.7 Å². The number of hydrogen-bond acceptors (Lipinski definition) is 2. The summed E-state index contributed by atoms with van der Waals surface area (Å²) in [6.07, 6.45) is 0. The van der Waals surface area contributed by atoms with Crippen molar-refractivity contribution in [3.63, 3.8) is 0 Å². The minimum absolute atomic E-state index is 0.354. The van der Waals surface area contributed by atoms with Crippen LogP contribution in [0, 0.1) is 6.92 Å². The summed E-state index contributed by atoms with van der Waals surface area (Å²) in [6, 6.07) is 3.14. The first-order valence-corrected chi connectivity index (χ1v) is 4.36. The molecular weight excluding hydrogens is 211 g/mol. The molecule has 0 spiro atoms. The normalized spacial score (nSPS) is 9.85. The van der Waals surface area contributed by atoms with Crippen LogP contribution in [0.2, 0.25) is 10.0 Å². The van der Waals surface area contributed by atoms with E-state index < -0.39 is 5.97 Å². The Morgan fingerprint density at radius 2 is 1.85 bits per heavy atom. The van der Waals surface area contributed by atoms with Gasteiger partial charge in [-0.3, -0.25) is 0 Å². The molecule has 0 fully saturated rings. The van der Waals surface area contributed by atoms with Gasteiger partial charge in [-0.2, -0.15) is 0 Å². The van der Waals surface area contributed by atoms with E-state index in [2.05, 4.69) is 4.74 Å². The minimum Gasteiger partial charge on any atom is -0.465 e. The van der Waals surface area contributed by atoms with Crippen molar-refractivity contribution in [2.24, 2.45) is 0 Å². The lowest BCUT2D eigenvalue weighted by Gasteiger charge is -2.05. The summed E-state index contributed by atoms with van der Waals surface area (Å²) in [6.45, 7) is 1.77. The molecule has 1 rings (SSSR count). The van der Waals surface area contributed by atoms with Crippen LogP contribution in [-0.2, 0) is 4.74 Å². The number of benzene rings is 1. The summed E-state index contributed by atoms with van der Waals surface area (Å²) < 4.78 is 4.57. The number of carbonyl (C=O) groups is 1. The standard InChI is InChI=1S/C9H8Cl2O2/c1-5-3-7(10)8(11)4-6(5)9(12)13-2/h3-4H,1-2H3. The fourth-order valence-corrected chi connectivity index (χ4v) is 1.36. The molecule has 0 aliphatic carbocycles. The van der Waals surface area contributed by atoms with Gasteiger partial charge in [0.2, 0.25) is 0 Å². The first-order valence-electron chi connectivity index (χ1n) is 3.60. The topological polar surface area (TPSA) is 26.3 Å². The number of carbonyl (C=O) groups excluding carboxylic acids is 1. The summed E-state index contributed by atoms with van der Waals surface area (Å²) in [5.74, 6) is -0.406. The molecule has 0 unspecified atom stereocenters. The van der Waals surface area contributed by atoms with Crippen LogP contribution < -0.4 is 0 Å².